The molecule has 0 atom stereocenters. The largest absolute Gasteiger partial charge is 4.00 e. The average molecular weight is 1080 g/mol. The van der Waals surface area contributed by atoms with Crippen LogP contribution in [0.15, 0.2) is 134 Å². The van der Waals surface area contributed by atoms with Crippen molar-refractivity contribution in [1.29, 1.82) is 0 Å². The van der Waals surface area contributed by atoms with Crippen molar-refractivity contribution in [3.05, 3.63) is 193 Å². The first-order valence-electron chi connectivity index (χ1n) is 23.4. The Hall–Kier alpha value is -5.64. The second kappa shape index (κ2) is 18.0. The Kier molecular flexibility index (Phi) is 13.3. The number of fused-ring (bicyclic) bond motifs is 4. The number of aromatic nitrogens is 2. The molecule has 0 bridgehead atoms. The Labute approximate surface area is 421 Å². The van der Waals surface area contributed by atoms with Gasteiger partial charge >= 0.3 is 21.1 Å². The van der Waals surface area contributed by atoms with Gasteiger partial charge in [0.15, 0.2) is 0 Å². The van der Waals surface area contributed by atoms with Crippen LogP contribution in [-0.2, 0) is 48.1 Å². The van der Waals surface area contributed by atoms with E-state index in [-0.39, 0.29) is 55.6 Å². The molecule has 0 amide bonds. The van der Waals surface area contributed by atoms with Crippen LogP contribution < -0.4 is 14.5 Å². The number of rotatable bonds is 7. The fraction of sp³-hybridized carbons (Fsp3) is 0.306. The summed E-state index contributed by atoms with van der Waals surface area (Å²) in [6, 6.07) is 53.8. The van der Waals surface area contributed by atoms with Crippen molar-refractivity contribution in [3.8, 4) is 17.3 Å². The van der Waals surface area contributed by atoms with Crippen molar-refractivity contribution in [2.75, 3.05) is 9.80 Å². The third-order valence-electron chi connectivity index (χ3n) is 13.4. The summed E-state index contributed by atoms with van der Waals surface area (Å²) >= 11 is 0. The van der Waals surface area contributed by atoms with E-state index in [9.17, 15) is 0 Å². The molecular formula is C62H68N4OPt. The van der Waals surface area contributed by atoms with Gasteiger partial charge < -0.3 is 26.5 Å². The van der Waals surface area contributed by atoms with Gasteiger partial charge in [0, 0.05) is 45.7 Å². The van der Waals surface area contributed by atoms with Crippen LogP contribution >= 0.6 is 0 Å². The number of hydrogen-bond acceptors (Lipinski definition) is 4. The Bertz CT molecular complexity index is 3120. The normalized spacial score (nSPS) is 13.4. The van der Waals surface area contributed by atoms with Crippen molar-refractivity contribution in [2.45, 2.75) is 124 Å². The van der Waals surface area contributed by atoms with E-state index in [1.165, 1.54) is 33.2 Å². The standard InChI is InChI=1S/C61H65N4O.CH3.Pt/c1-57(2,3)41-24-27-52-51(35-41)50-26-25-48(38-55(50)65(52)56-36-42(28-29-62-56)58(4,5)6)66-49-34-44(60(10,11)12)32-47(37-49)64-39-63(53-22-18-19-23-54(53)64)46-31-43(59(7,8)9)30-45(33-46)61(13,14)40-20-16-15-17-21-40;;/h15-36,39H,1-14H3;1H3;/q-3;-1;+4. The summed E-state index contributed by atoms with van der Waals surface area (Å²) in [5.74, 6) is 2.10. The van der Waals surface area contributed by atoms with Gasteiger partial charge in [-0.3, -0.25) is 0 Å². The summed E-state index contributed by atoms with van der Waals surface area (Å²) in [5, 5.41) is 2.28. The fourth-order valence-corrected chi connectivity index (χ4v) is 9.04. The number of nitrogens with zero attached hydrogens (tertiary/aromatic N) is 4. The maximum atomic E-state index is 6.91. The van der Waals surface area contributed by atoms with E-state index in [4.69, 9.17) is 9.72 Å². The molecule has 352 valence electrons. The minimum absolute atomic E-state index is 0. The van der Waals surface area contributed by atoms with Gasteiger partial charge in [0.1, 0.15) is 5.82 Å². The van der Waals surface area contributed by atoms with Crippen LogP contribution in [0.25, 0.3) is 27.6 Å². The summed E-state index contributed by atoms with van der Waals surface area (Å²) < 4.78 is 9.16. The zero-order valence-corrected chi connectivity index (χ0v) is 45.1. The predicted molar refractivity (Wildman–Crippen MR) is 284 cm³/mol. The van der Waals surface area contributed by atoms with Gasteiger partial charge in [-0.2, -0.15) is 6.07 Å². The van der Waals surface area contributed by atoms with Crippen LogP contribution in [0.1, 0.15) is 130 Å². The molecule has 8 aromatic rings. The van der Waals surface area contributed by atoms with Crippen molar-refractivity contribution in [3.63, 3.8) is 0 Å². The van der Waals surface area contributed by atoms with Crippen molar-refractivity contribution in [2.24, 2.45) is 0 Å². The molecule has 0 spiro atoms. The molecule has 1 aliphatic rings. The monoisotopic (exact) mass is 1080 g/mol. The summed E-state index contributed by atoms with van der Waals surface area (Å²) in [7, 11) is 0. The van der Waals surface area contributed by atoms with Crippen LogP contribution in [-0.4, -0.2) is 9.55 Å². The molecular weight excluding hydrogens is 1010 g/mol. The molecule has 0 saturated heterocycles. The summed E-state index contributed by atoms with van der Waals surface area (Å²) in [5.41, 5.74) is 13.2. The number of ether oxygens (including phenoxy) is 1. The van der Waals surface area contributed by atoms with Crippen LogP contribution in [0, 0.1) is 26.2 Å². The summed E-state index contributed by atoms with van der Waals surface area (Å²) in [6.07, 6.45) is 1.92. The molecule has 0 saturated carbocycles. The molecule has 6 heteroatoms. The van der Waals surface area contributed by atoms with Crippen molar-refractivity contribution in [1.82, 2.24) is 9.55 Å². The smallest absolute Gasteiger partial charge is 0.509 e. The quantitative estimate of drug-likeness (QED) is 0.149. The number of anilines is 4. The molecule has 5 nitrogen and oxygen atoms in total. The average Bonchev–Trinajstić information content (AvgIpc) is 3.81. The van der Waals surface area contributed by atoms with Gasteiger partial charge in [0.2, 0.25) is 0 Å². The van der Waals surface area contributed by atoms with Crippen LogP contribution in [0.2, 0.25) is 0 Å². The Balaban J connectivity index is 0.00000342. The maximum Gasteiger partial charge on any atom is 4.00 e. The van der Waals surface area contributed by atoms with E-state index in [2.05, 4.69) is 251 Å². The van der Waals surface area contributed by atoms with Gasteiger partial charge in [0.25, 0.3) is 0 Å². The number of pyridine rings is 1. The number of para-hydroxylation sites is 2. The Morgan fingerprint density at radius 2 is 1.07 bits per heavy atom. The molecule has 68 heavy (non-hydrogen) atoms. The van der Waals surface area contributed by atoms with E-state index in [0.717, 1.165) is 50.6 Å². The molecule has 0 fully saturated rings. The molecule has 6 aromatic carbocycles. The van der Waals surface area contributed by atoms with Gasteiger partial charge in [-0.25, -0.2) is 4.98 Å². The van der Waals surface area contributed by atoms with E-state index in [1.54, 1.807) is 0 Å². The van der Waals surface area contributed by atoms with E-state index in [0.29, 0.717) is 11.5 Å². The molecule has 0 aliphatic carbocycles. The third kappa shape index (κ3) is 9.53. The number of benzene rings is 6. The van der Waals surface area contributed by atoms with Crippen LogP contribution in [0.3, 0.4) is 0 Å². The summed E-state index contributed by atoms with van der Waals surface area (Å²) in [4.78, 5) is 9.54. The minimum atomic E-state index is -0.214. The summed E-state index contributed by atoms with van der Waals surface area (Å²) in [6.45, 7) is 34.0. The second-order valence-corrected chi connectivity index (χ2v) is 22.9. The second-order valence-electron chi connectivity index (χ2n) is 22.9. The Morgan fingerprint density at radius 1 is 0.485 bits per heavy atom. The van der Waals surface area contributed by atoms with E-state index in [1.807, 2.05) is 12.3 Å². The minimum Gasteiger partial charge on any atom is -0.509 e. The molecule has 1 aliphatic heterocycles. The Morgan fingerprint density at radius 3 is 1.72 bits per heavy atom. The molecule has 3 heterocycles. The fourth-order valence-electron chi connectivity index (χ4n) is 9.04. The van der Waals surface area contributed by atoms with E-state index >= 15 is 0 Å². The topological polar surface area (TPSA) is 33.5 Å². The number of hydrogen-bond donors (Lipinski definition) is 0. The SMILES string of the molecule is CC(C)(C)c1cc(Oc2[c-]c3c(cc2)c2cc(C(C)(C)C)ccc2n3-c2cc(C(C)(C)C)ccn2)[c-]c(N2[CH-]N(c3cc(C(C)(C)C)cc(C(C)(C)c4ccccc4)c3)c3ccccc32)c1.[CH3-].[Pt+4]. The van der Waals surface area contributed by atoms with Crippen molar-refractivity contribution >= 4 is 44.6 Å². The molecule has 0 radical (unpaired) electrons. The first-order valence-corrected chi connectivity index (χ1v) is 23.4. The van der Waals surface area contributed by atoms with Crippen molar-refractivity contribution < 1.29 is 25.8 Å². The zero-order chi connectivity index (χ0) is 47.1. The van der Waals surface area contributed by atoms with Crippen LogP contribution in [0.4, 0.5) is 22.7 Å². The molecule has 0 N–H and O–H groups in total. The zero-order valence-electron chi connectivity index (χ0n) is 42.8. The first-order chi connectivity index (χ1) is 31.0. The van der Waals surface area contributed by atoms with Gasteiger partial charge in [-0.1, -0.05) is 163 Å². The van der Waals surface area contributed by atoms with Crippen LogP contribution in [0.5, 0.6) is 11.5 Å². The molecule has 0 unspecified atom stereocenters. The molecule has 9 rings (SSSR count). The van der Waals surface area contributed by atoms with Gasteiger partial charge in [-0.05, 0) is 97.3 Å². The molecule has 2 aromatic heterocycles. The first kappa shape index (κ1) is 50.2. The van der Waals surface area contributed by atoms with Gasteiger partial charge in [-0.15, -0.1) is 53.6 Å². The van der Waals surface area contributed by atoms with Gasteiger partial charge in [0.05, 0.1) is 0 Å². The third-order valence-corrected chi connectivity index (χ3v) is 13.4. The van der Waals surface area contributed by atoms with E-state index < -0.39 is 0 Å². The maximum absolute atomic E-state index is 6.91. The predicted octanol–water partition coefficient (Wildman–Crippen LogP) is 16.9.